The summed E-state index contributed by atoms with van der Waals surface area (Å²) in [6.45, 7) is 2.04. The van der Waals surface area contributed by atoms with E-state index < -0.39 is 0 Å². The summed E-state index contributed by atoms with van der Waals surface area (Å²) in [5.41, 5.74) is 0.620. The first-order chi connectivity index (χ1) is 5.34. The number of likely N-dealkylation sites (tertiary alicyclic amines) is 1. The van der Waals surface area contributed by atoms with Crippen molar-refractivity contribution in [3.8, 4) is 0 Å². The minimum Gasteiger partial charge on any atom is -0.379 e. The number of rotatable bonds is 0. The molecule has 0 bridgehead atoms. The molecule has 3 atom stereocenters. The fourth-order valence-electron chi connectivity index (χ4n) is 3.53. The molecule has 1 saturated carbocycles. The second-order valence-corrected chi connectivity index (χ2v) is 4.34. The SMILES string of the molecule is CN1C2CCCC23COCC13. The van der Waals surface area contributed by atoms with Crippen LogP contribution in [0.4, 0.5) is 0 Å². The molecule has 2 aliphatic heterocycles. The van der Waals surface area contributed by atoms with Crippen LogP contribution in [0.3, 0.4) is 0 Å². The first-order valence-corrected chi connectivity index (χ1v) is 4.64. The Kier molecular flexibility index (Phi) is 1.06. The van der Waals surface area contributed by atoms with Gasteiger partial charge in [-0.1, -0.05) is 6.42 Å². The quantitative estimate of drug-likeness (QED) is 0.512. The van der Waals surface area contributed by atoms with E-state index in [2.05, 4.69) is 11.9 Å². The van der Waals surface area contributed by atoms with E-state index in [1.54, 1.807) is 0 Å². The number of nitrogens with zero attached hydrogens (tertiary/aromatic N) is 1. The molecule has 3 fully saturated rings. The van der Waals surface area contributed by atoms with Crippen LogP contribution >= 0.6 is 0 Å². The first kappa shape index (κ1) is 6.44. The molecule has 0 amide bonds. The molecule has 0 aromatic heterocycles. The van der Waals surface area contributed by atoms with Crippen LogP contribution in [-0.4, -0.2) is 37.2 Å². The van der Waals surface area contributed by atoms with Gasteiger partial charge in [-0.3, -0.25) is 4.90 Å². The zero-order chi connectivity index (χ0) is 7.47. The van der Waals surface area contributed by atoms with Crippen molar-refractivity contribution in [2.45, 2.75) is 31.3 Å². The van der Waals surface area contributed by atoms with Crippen molar-refractivity contribution >= 4 is 0 Å². The smallest absolute Gasteiger partial charge is 0.0629 e. The Bertz CT molecular complexity index is 172. The molecule has 1 aliphatic carbocycles. The van der Waals surface area contributed by atoms with Crippen molar-refractivity contribution in [1.82, 2.24) is 4.90 Å². The van der Waals surface area contributed by atoms with Gasteiger partial charge in [-0.05, 0) is 19.9 Å². The van der Waals surface area contributed by atoms with Crippen molar-refractivity contribution in [3.05, 3.63) is 0 Å². The fraction of sp³-hybridized carbons (Fsp3) is 1.00. The molecular weight excluding hydrogens is 138 g/mol. The summed E-state index contributed by atoms with van der Waals surface area (Å²) in [6, 6.07) is 1.64. The third-order valence-corrected chi connectivity index (χ3v) is 4.08. The molecule has 2 nitrogen and oxygen atoms in total. The summed E-state index contributed by atoms with van der Waals surface area (Å²) >= 11 is 0. The zero-order valence-electron chi connectivity index (χ0n) is 7.05. The van der Waals surface area contributed by atoms with Crippen LogP contribution in [0.2, 0.25) is 0 Å². The van der Waals surface area contributed by atoms with Gasteiger partial charge in [0.15, 0.2) is 0 Å². The van der Waals surface area contributed by atoms with Gasteiger partial charge in [-0.15, -0.1) is 0 Å². The lowest BCUT2D eigenvalue weighted by molar-refractivity contribution is -0.0678. The number of ether oxygens (including phenoxy) is 1. The molecular formula is C9H15NO. The van der Waals surface area contributed by atoms with Gasteiger partial charge in [0.05, 0.1) is 13.2 Å². The predicted molar refractivity (Wildman–Crippen MR) is 42.4 cm³/mol. The molecule has 3 unspecified atom stereocenters. The van der Waals surface area contributed by atoms with Gasteiger partial charge in [0.1, 0.15) is 0 Å². The Hall–Kier alpha value is -0.0800. The van der Waals surface area contributed by atoms with Gasteiger partial charge >= 0.3 is 0 Å². The minimum atomic E-state index is 0.620. The lowest BCUT2D eigenvalue weighted by Gasteiger charge is -2.55. The van der Waals surface area contributed by atoms with Gasteiger partial charge < -0.3 is 4.74 Å². The van der Waals surface area contributed by atoms with Gasteiger partial charge in [-0.25, -0.2) is 0 Å². The van der Waals surface area contributed by atoms with Crippen LogP contribution in [0, 0.1) is 5.41 Å². The first-order valence-electron chi connectivity index (χ1n) is 4.64. The molecule has 0 aromatic rings. The van der Waals surface area contributed by atoms with Gasteiger partial charge in [-0.2, -0.15) is 0 Å². The van der Waals surface area contributed by atoms with E-state index >= 15 is 0 Å². The molecule has 2 saturated heterocycles. The lowest BCUT2D eigenvalue weighted by Crippen LogP contribution is -2.66. The Morgan fingerprint density at radius 2 is 2.36 bits per heavy atom. The summed E-state index contributed by atoms with van der Waals surface area (Å²) in [5, 5.41) is 0. The van der Waals surface area contributed by atoms with Crippen LogP contribution in [0.5, 0.6) is 0 Å². The van der Waals surface area contributed by atoms with Crippen LogP contribution in [0.15, 0.2) is 0 Å². The average molecular weight is 153 g/mol. The highest BCUT2D eigenvalue weighted by Crippen LogP contribution is 2.56. The molecule has 3 aliphatic rings. The highest BCUT2D eigenvalue weighted by atomic mass is 16.5. The summed E-state index contributed by atoms with van der Waals surface area (Å²) in [6.07, 6.45) is 4.26. The fourth-order valence-corrected chi connectivity index (χ4v) is 3.53. The maximum Gasteiger partial charge on any atom is 0.0629 e. The van der Waals surface area contributed by atoms with E-state index in [-0.39, 0.29) is 0 Å². The van der Waals surface area contributed by atoms with Crippen molar-refractivity contribution < 1.29 is 4.74 Å². The van der Waals surface area contributed by atoms with E-state index in [0.717, 1.165) is 25.3 Å². The second-order valence-electron chi connectivity index (χ2n) is 4.34. The molecule has 62 valence electrons. The highest BCUT2D eigenvalue weighted by molar-refractivity contribution is 5.16. The third-order valence-electron chi connectivity index (χ3n) is 4.08. The third kappa shape index (κ3) is 0.541. The Labute approximate surface area is 67.5 Å². The van der Waals surface area contributed by atoms with Gasteiger partial charge in [0.25, 0.3) is 0 Å². The zero-order valence-corrected chi connectivity index (χ0v) is 7.05. The standard InChI is InChI=1S/C9H15NO/c1-10-7-3-2-4-9(7)6-11-5-8(9)10/h7-8H,2-6H2,1H3. The van der Waals surface area contributed by atoms with E-state index in [1.807, 2.05) is 0 Å². The molecule has 2 heterocycles. The van der Waals surface area contributed by atoms with E-state index in [0.29, 0.717) is 5.41 Å². The van der Waals surface area contributed by atoms with Crippen LogP contribution in [0.25, 0.3) is 0 Å². The second kappa shape index (κ2) is 1.80. The molecule has 0 N–H and O–H groups in total. The molecule has 11 heavy (non-hydrogen) atoms. The Morgan fingerprint density at radius 1 is 1.45 bits per heavy atom. The Balaban J connectivity index is 1.95. The number of likely N-dealkylation sites (N-methyl/N-ethyl adjacent to an activating group) is 1. The summed E-state index contributed by atoms with van der Waals surface area (Å²) < 4.78 is 5.56. The van der Waals surface area contributed by atoms with Crippen molar-refractivity contribution in [2.24, 2.45) is 5.41 Å². The molecule has 1 spiro atoms. The lowest BCUT2D eigenvalue weighted by atomic mass is 9.69. The van der Waals surface area contributed by atoms with Crippen molar-refractivity contribution in [3.63, 3.8) is 0 Å². The van der Waals surface area contributed by atoms with Crippen LogP contribution in [0.1, 0.15) is 19.3 Å². The van der Waals surface area contributed by atoms with Crippen LogP contribution < -0.4 is 0 Å². The predicted octanol–water partition coefficient (Wildman–Crippen LogP) is 0.869. The van der Waals surface area contributed by atoms with Crippen LogP contribution in [-0.2, 0) is 4.74 Å². The normalized spacial score (nSPS) is 55.4. The van der Waals surface area contributed by atoms with Crippen molar-refractivity contribution in [1.29, 1.82) is 0 Å². The number of hydrogen-bond donors (Lipinski definition) is 0. The minimum absolute atomic E-state index is 0.620. The molecule has 0 aromatic carbocycles. The average Bonchev–Trinajstić information content (AvgIpc) is 2.56. The maximum absolute atomic E-state index is 5.56. The van der Waals surface area contributed by atoms with Gasteiger partial charge in [0.2, 0.25) is 0 Å². The van der Waals surface area contributed by atoms with E-state index in [9.17, 15) is 0 Å². The van der Waals surface area contributed by atoms with E-state index in [1.165, 1.54) is 19.3 Å². The van der Waals surface area contributed by atoms with Crippen molar-refractivity contribution in [2.75, 3.05) is 20.3 Å². The molecule has 0 radical (unpaired) electrons. The number of hydrogen-bond acceptors (Lipinski definition) is 2. The van der Waals surface area contributed by atoms with Gasteiger partial charge in [0, 0.05) is 17.5 Å². The highest BCUT2D eigenvalue weighted by Gasteiger charge is 2.63. The maximum atomic E-state index is 5.56. The summed E-state index contributed by atoms with van der Waals surface area (Å²) in [7, 11) is 2.26. The molecule has 2 heteroatoms. The topological polar surface area (TPSA) is 12.5 Å². The molecule has 3 rings (SSSR count). The monoisotopic (exact) mass is 153 g/mol. The summed E-state index contributed by atoms with van der Waals surface area (Å²) in [5.74, 6) is 0. The Morgan fingerprint density at radius 3 is 3.27 bits per heavy atom. The largest absolute Gasteiger partial charge is 0.379 e. The van der Waals surface area contributed by atoms with E-state index in [4.69, 9.17) is 4.74 Å². The summed E-state index contributed by atoms with van der Waals surface area (Å²) in [4.78, 5) is 2.53.